The van der Waals surface area contributed by atoms with Gasteiger partial charge in [-0.25, -0.2) is 0 Å². The van der Waals surface area contributed by atoms with Crippen LogP contribution in [0.4, 0.5) is 0 Å². The monoisotopic (exact) mass is 398 g/mol. The maximum absolute atomic E-state index is 12.8. The van der Waals surface area contributed by atoms with Gasteiger partial charge in [-0.3, -0.25) is 14.3 Å². The Hall–Kier alpha value is -3.29. The van der Waals surface area contributed by atoms with E-state index in [0.29, 0.717) is 12.8 Å². The Kier molecular flexibility index (Phi) is 6.02. The van der Waals surface area contributed by atoms with Gasteiger partial charge in [0.1, 0.15) is 5.75 Å². The average Bonchev–Trinajstić information content (AvgIpc) is 3.17. The molecule has 0 atom stereocenters. The van der Waals surface area contributed by atoms with E-state index in [1.54, 1.807) is 11.7 Å². The highest BCUT2D eigenvalue weighted by atomic mass is 16.5. The van der Waals surface area contributed by atoms with E-state index in [2.05, 4.69) is 41.2 Å². The number of carbonyl (C=O) groups is 1. The molecule has 4 rings (SSSR count). The zero-order valence-corrected chi connectivity index (χ0v) is 17.3. The SMILES string of the molecule is C#CCCC(=O)n1cc(C2=CCN(Cc3ccccc3)CC2)c2ccc(OC)cc21. The summed E-state index contributed by atoms with van der Waals surface area (Å²) in [5.74, 6) is 3.31. The van der Waals surface area contributed by atoms with Crippen LogP contribution >= 0.6 is 0 Å². The van der Waals surface area contributed by atoms with E-state index in [4.69, 9.17) is 11.2 Å². The Morgan fingerprint density at radius 3 is 2.73 bits per heavy atom. The second kappa shape index (κ2) is 9.02. The molecule has 1 aromatic heterocycles. The number of carbonyl (C=O) groups excluding carboxylic acids is 1. The topological polar surface area (TPSA) is 34.5 Å². The Balaban J connectivity index is 1.62. The first-order chi connectivity index (χ1) is 14.7. The van der Waals surface area contributed by atoms with Gasteiger partial charge in [0.25, 0.3) is 0 Å². The van der Waals surface area contributed by atoms with E-state index in [0.717, 1.165) is 48.3 Å². The number of terminal acetylenes is 1. The molecule has 0 aliphatic carbocycles. The molecule has 4 nitrogen and oxygen atoms in total. The summed E-state index contributed by atoms with van der Waals surface area (Å²) >= 11 is 0. The lowest BCUT2D eigenvalue weighted by atomic mass is 9.98. The Bertz CT molecular complexity index is 1120. The molecule has 0 unspecified atom stereocenters. The fourth-order valence-electron chi connectivity index (χ4n) is 4.04. The van der Waals surface area contributed by atoms with Crippen molar-refractivity contribution in [1.82, 2.24) is 9.47 Å². The van der Waals surface area contributed by atoms with E-state index < -0.39 is 0 Å². The van der Waals surface area contributed by atoms with Gasteiger partial charge >= 0.3 is 0 Å². The van der Waals surface area contributed by atoms with Gasteiger partial charge in [0.15, 0.2) is 0 Å². The molecule has 0 N–H and O–H groups in total. The highest BCUT2D eigenvalue weighted by molar-refractivity contribution is 6.00. The van der Waals surface area contributed by atoms with Crippen LogP contribution in [-0.2, 0) is 6.54 Å². The lowest BCUT2D eigenvalue weighted by Crippen LogP contribution is -2.27. The van der Waals surface area contributed by atoms with Crippen LogP contribution < -0.4 is 4.74 Å². The van der Waals surface area contributed by atoms with Crippen molar-refractivity contribution in [3.05, 3.63) is 71.9 Å². The molecule has 2 heterocycles. The standard InChI is InChI=1S/C26H26N2O2/c1-3-4-10-26(29)28-19-24(23-12-11-22(30-2)17-25(23)28)21-13-15-27(16-14-21)18-20-8-6-5-7-9-20/h1,5-9,11-13,17,19H,4,10,14-16,18H2,2H3. The van der Waals surface area contributed by atoms with Crippen LogP contribution in [0.1, 0.15) is 35.2 Å². The van der Waals surface area contributed by atoms with Crippen LogP contribution in [0.3, 0.4) is 0 Å². The van der Waals surface area contributed by atoms with Crippen LogP contribution in [-0.4, -0.2) is 35.6 Å². The van der Waals surface area contributed by atoms with Crippen molar-refractivity contribution in [3.63, 3.8) is 0 Å². The number of methoxy groups -OCH3 is 1. The zero-order chi connectivity index (χ0) is 20.9. The molecule has 1 aliphatic heterocycles. The maximum atomic E-state index is 12.8. The molecular formula is C26H26N2O2. The van der Waals surface area contributed by atoms with E-state index in [9.17, 15) is 4.79 Å². The summed E-state index contributed by atoms with van der Waals surface area (Å²) < 4.78 is 7.12. The molecular weight excluding hydrogens is 372 g/mol. The molecule has 1 aliphatic rings. The summed E-state index contributed by atoms with van der Waals surface area (Å²) in [5, 5.41) is 1.08. The molecule has 4 heteroatoms. The number of benzene rings is 2. The van der Waals surface area contributed by atoms with E-state index in [1.807, 2.05) is 30.5 Å². The highest BCUT2D eigenvalue weighted by Gasteiger charge is 2.19. The third kappa shape index (κ3) is 4.17. The van der Waals surface area contributed by atoms with E-state index >= 15 is 0 Å². The molecule has 152 valence electrons. The minimum Gasteiger partial charge on any atom is -0.497 e. The predicted octanol–water partition coefficient (Wildman–Crippen LogP) is 4.99. The summed E-state index contributed by atoms with van der Waals surface area (Å²) in [6.45, 7) is 2.85. The quantitative estimate of drug-likeness (QED) is 0.549. The number of hydrogen-bond acceptors (Lipinski definition) is 3. The van der Waals surface area contributed by atoms with Crippen molar-refractivity contribution < 1.29 is 9.53 Å². The summed E-state index contributed by atoms with van der Waals surface area (Å²) in [5.41, 5.74) is 4.62. The smallest absolute Gasteiger partial charge is 0.232 e. The van der Waals surface area contributed by atoms with Gasteiger partial charge in [0.2, 0.25) is 5.91 Å². The second-order valence-electron chi connectivity index (χ2n) is 7.59. The number of fused-ring (bicyclic) bond motifs is 1. The van der Waals surface area contributed by atoms with Crippen molar-refractivity contribution in [3.8, 4) is 18.1 Å². The van der Waals surface area contributed by atoms with Crippen LogP contribution in [0.25, 0.3) is 16.5 Å². The van der Waals surface area contributed by atoms with Gasteiger partial charge in [-0.05, 0) is 29.7 Å². The molecule has 0 fully saturated rings. The first-order valence-electron chi connectivity index (χ1n) is 10.3. The van der Waals surface area contributed by atoms with Crippen LogP contribution in [0.15, 0.2) is 60.8 Å². The fraction of sp³-hybridized carbons (Fsp3) is 0.269. The largest absolute Gasteiger partial charge is 0.497 e. The third-order valence-corrected chi connectivity index (χ3v) is 5.65. The number of nitrogens with zero attached hydrogens (tertiary/aromatic N) is 2. The number of hydrogen-bond donors (Lipinski definition) is 0. The minimum absolute atomic E-state index is 0.0135. The maximum Gasteiger partial charge on any atom is 0.232 e. The van der Waals surface area contributed by atoms with Gasteiger partial charge in [0, 0.05) is 55.7 Å². The van der Waals surface area contributed by atoms with Crippen molar-refractivity contribution in [2.45, 2.75) is 25.8 Å². The number of rotatable bonds is 6. The van der Waals surface area contributed by atoms with Crippen LogP contribution in [0, 0.1) is 12.3 Å². The number of ether oxygens (including phenoxy) is 1. The van der Waals surface area contributed by atoms with Crippen LogP contribution in [0.5, 0.6) is 5.75 Å². The summed E-state index contributed by atoms with van der Waals surface area (Å²) in [7, 11) is 1.64. The van der Waals surface area contributed by atoms with Crippen molar-refractivity contribution >= 4 is 22.4 Å². The molecule has 0 spiro atoms. The average molecular weight is 399 g/mol. The van der Waals surface area contributed by atoms with Gasteiger partial charge in [0.05, 0.1) is 12.6 Å². The highest BCUT2D eigenvalue weighted by Crippen LogP contribution is 2.33. The lowest BCUT2D eigenvalue weighted by Gasteiger charge is -2.26. The molecule has 0 radical (unpaired) electrons. The first-order valence-corrected chi connectivity index (χ1v) is 10.3. The van der Waals surface area contributed by atoms with Gasteiger partial charge in [-0.1, -0.05) is 36.4 Å². The lowest BCUT2D eigenvalue weighted by molar-refractivity contribution is 0.0910. The Morgan fingerprint density at radius 1 is 1.20 bits per heavy atom. The van der Waals surface area contributed by atoms with Crippen molar-refractivity contribution in [1.29, 1.82) is 0 Å². The van der Waals surface area contributed by atoms with Gasteiger partial charge in [-0.15, -0.1) is 12.3 Å². The summed E-state index contributed by atoms with van der Waals surface area (Å²) in [6, 6.07) is 16.5. The van der Waals surface area contributed by atoms with Gasteiger partial charge in [-0.2, -0.15) is 0 Å². The molecule has 30 heavy (non-hydrogen) atoms. The molecule has 0 saturated carbocycles. The summed E-state index contributed by atoms with van der Waals surface area (Å²) in [6.07, 6.45) is 11.4. The van der Waals surface area contributed by atoms with Gasteiger partial charge < -0.3 is 4.74 Å². The predicted molar refractivity (Wildman–Crippen MR) is 121 cm³/mol. The molecule has 0 bridgehead atoms. The zero-order valence-electron chi connectivity index (χ0n) is 17.3. The normalized spacial score (nSPS) is 14.3. The van der Waals surface area contributed by atoms with E-state index in [1.165, 1.54) is 11.1 Å². The second-order valence-corrected chi connectivity index (χ2v) is 7.59. The fourth-order valence-corrected chi connectivity index (χ4v) is 4.04. The molecule has 0 amide bonds. The van der Waals surface area contributed by atoms with Crippen molar-refractivity contribution in [2.24, 2.45) is 0 Å². The Labute approximate surface area is 177 Å². The number of aromatic nitrogens is 1. The molecule has 0 saturated heterocycles. The van der Waals surface area contributed by atoms with Crippen molar-refractivity contribution in [2.75, 3.05) is 20.2 Å². The third-order valence-electron chi connectivity index (χ3n) is 5.65. The first kappa shape index (κ1) is 20.0. The summed E-state index contributed by atoms with van der Waals surface area (Å²) in [4.78, 5) is 15.2. The molecule has 3 aromatic rings. The van der Waals surface area contributed by atoms with Crippen LogP contribution in [0.2, 0.25) is 0 Å². The molecule has 2 aromatic carbocycles. The van der Waals surface area contributed by atoms with E-state index in [-0.39, 0.29) is 5.91 Å². The minimum atomic E-state index is 0.0135. The Morgan fingerprint density at radius 2 is 2.03 bits per heavy atom.